The topological polar surface area (TPSA) is 105 Å². The van der Waals surface area contributed by atoms with Gasteiger partial charge in [0.15, 0.2) is 0 Å². The minimum atomic E-state index is -2.72. The Morgan fingerprint density at radius 2 is 2.16 bits per heavy atom. The molecule has 164 valence electrons. The molecule has 1 fully saturated rings. The Bertz CT molecular complexity index is 1340. The molecule has 4 aromatic heterocycles. The molecule has 2 aliphatic rings. The maximum atomic E-state index is 13.3. The number of H-pyrrole nitrogens is 1. The molecular weight excluding hydrogens is 444 g/mol. The van der Waals surface area contributed by atoms with E-state index in [-0.39, 0.29) is 24.6 Å². The summed E-state index contributed by atoms with van der Waals surface area (Å²) in [7, 11) is 0. The minimum absolute atomic E-state index is 0.0628. The first-order valence-electron chi connectivity index (χ1n) is 10.1. The molecule has 4 aromatic rings. The van der Waals surface area contributed by atoms with Crippen molar-refractivity contribution >= 4 is 23.0 Å². The molecule has 5 heterocycles. The molecule has 0 spiro atoms. The van der Waals surface area contributed by atoms with Gasteiger partial charge in [-0.25, -0.2) is 18.3 Å². The predicted octanol–water partition coefficient (Wildman–Crippen LogP) is 3.39. The second-order valence-corrected chi connectivity index (χ2v) is 8.49. The van der Waals surface area contributed by atoms with E-state index >= 15 is 0 Å². The van der Waals surface area contributed by atoms with Crippen LogP contribution in [-0.4, -0.2) is 53.1 Å². The van der Waals surface area contributed by atoms with Crippen molar-refractivity contribution in [2.45, 2.75) is 37.1 Å². The lowest BCUT2D eigenvalue weighted by molar-refractivity contribution is -0.0919. The van der Waals surface area contributed by atoms with Crippen LogP contribution in [0, 0.1) is 0 Å². The summed E-state index contributed by atoms with van der Waals surface area (Å²) in [5.41, 5.74) is 2.86. The zero-order valence-corrected chi connectivity index (χ0v) is 17.3. The van der Waals surface area contributed by atoms with Gasteiger partial charge in [-0.3, -0.25) is 4.79 Å². The van der Waals surface area contributed by atoms with E-state index in [1.807, 2.05) is 6.07 Å². The van der Waals surface area contributed by atoms with E-state index in [4.69, 9.17) is 16.0 Å². The van der Waals surface area contributed by atoms with Gasteiger partial charge >= 0.3 is 11.8 Å². The highest BCUT2D eigenvalue weighted by atomic mass is 35.5. The second-order valence-electron chi connectivity index (χ2n) is 8.08. The molecule has 32 heavy (non-hydrogen) atoms. The SMILES string of the molecule is O=C(c1nnc(C2CC(F)(F)C2)o1)N1CCc2[nH]cnc2[C@@H]1c1cc2c(Cl)cccn2n1. The van der Waals surface area contributed by atoms with Crippen molar-refractivity contribution in [3.63, 3.8) is 0 Å². The van der Waals surface area contributed by atoms with Crippen molar-refractivity contribution in [3.05, 3.63) is 64.6 Å². The van der Waals surface area contributed by atoms with E-state index in [0.717, 1.165) is 5.69 Å². The highest BCUT2D eigenvalue weighted by molar-refractivity contribution is 6.33. The van der Waals surface area contributed by atoms with Crippen LogP contribution < -0.4 is 0 Å². The summed E-state index contributed by atoms with van der Waals surface area (Å²) in [5.74, 6) is -3.93. The Balaban J connectivity index is 1.36. The third-order valence-electron chi connectivity index (χ3n) is 6.00. The van der Waals surface area contributed by atoms with Crippen LogP contribution in [0.2, 0.25) is 5.02 Å². The fourth-order valence-electron chi connectivity index (χ4n) is 4.37. The van der Waals surface area contributed by atoms with Gasteiger partial charge in [0, 0.05) is 43.6 Å². The number of carbonyl (C=O) groups is 1. The number of aromatic amines is 1. The second kappa shape index (κ2) is 6.83. The number of aromatic nitrogens is 6. The number of alkyl halides is 2. The quantitative estimate of drug-likeness (QED) is 0.503. The van der Waals surface area contributed by atoms with E-state index < -0.39 is 23.8 Å². The predicted molar refractivity (Wildman–Crippen MR) is 107 cm³/mol. The van der Waals surface area contributed by atoms with Gasteiger partial charge in [-0.2, -0.15) is 5.10 Å². The monoisotopic (exact) mass is 459 g/mol. The van der Waals surface area contributed by atoms with Gasteiger partial charge in [-0.05, 0) is 18.2 Å². The van der Waals surface area contributed by atoms with Crippen LogP contribution in [0.15, 0.2) is 35.1 Å². The van der Waals surface area contributed by atoms with Gasteiger partial charge in [0.25, 0.3) is 0 Å². The molecule has 0 radical (unpaired) electrons. The van der Waals surface area contributed by atoms with Crippen LogP contribution in [0.1, 0.15) is 58.5 Å². The molecule has 1 N–H and O–H groups in total. The Hall–Kier alpha value is -3.34. The summed E-state index contributed by atoms with van der Waals surface area (Å²) < 4.78 is 33.6. The van der Waals surface area contributed by atoms with Crippen molar-refractivity contribution in [2.75, 3.05) is 6.54 Å². The molecule has 0 unspecified atom stereocenters. The normalized spacial score (nSPS) is 20.3. The first-order valence-corrected chi connectivity index (χ1v) is 10.5. The Morgan fingerprint density at radius 3 is 2.94 bits per heavy atom. The number of nitrogens with one attached hydrogen (secondary N) is 1. The van der Waals surface area contributed by atoms with E-state index in [0.29, 0.717) is 34.9 Å². The van der Waals surface area contributed by atoms with Crippen LogP contribution in [0.5, 0.6) is 0 Å². The molecule has 0 bridgehead atoms. The van der Waals surface area contributed by atoms with E-state index in [1.165, 1.54) is 0 Å². The van der Waals surface area contributed by atoms with Crippen molar-refractivity contribution in [2.24, 2.45) is 0 Å². The fourth-order valence-corrected chi connectivity index (χ4v) is 4.59. The minimum Gasteiger partial charge on any atom is -0.417 e. The molecule has 1 amide bonds. The molecule has 6 rings (SSSR count). The van der Waals surface area contributed by atoms with Crippen LogP contribution in [-0.2, 0) is 6.42 Å². The zero-order chi connectivity index (χ0) is 22.0. The lowest BCUT2D eigenvalue weighted by Gasteiger charge is -2.33. The molecule has 12 heteroatoms. The fraction of sp³-hybridized carbons (Fsp3) is 0.350. The number of hydrogen-bond donors (Lipinski definition) is 1. The highest BCUT2D eigenvalue weighted by Gasteiger charge is 2.49. The average molecular weight is 460 g/mol. The molecule has 9 nitrogen and oxygen atoms in total. The van der Waals surface area contributed by atoms with Crippen molar-refractivity contribution in [1.29, 1.82) is 0 Å². The van der Waals surface area contributed by atoms with Gasteiger partial charge in [0.05, 0.1) is 28.3 Å². The van der Waals surface area contributed by atoms with E-state index in [1.54, 1.807) is 34.1 Å². The number of halogens is 3. The molecular formula is C20H16ClF2N7O2. The standard InChI is InChI=1S/C20H16ClF2N7O2/c21-11-2-1-4-30-14(11)6-13(28-30)16-15-12(24-9-25-15)3-5-29(16)19(31)18-27-26-17(32-18)10-7-20(22,23)8-10/h1-2,4,6,9-10,16H,3,5,7-8H2,(H,24,25)/t16-/m0/s1. The number of carbonyl (C=O) groups excluding carboxylic acids is 1. The average Bonchev–Trinajstić information content (AvgIpc) is 3.49. The van der Waals surface area contributed by atoms with Gasteiger partial charge in [0.2, 0.25) is 11.8 Å². The van der Waals surface area contributed by atoms with Gasteiger partial charge in [0.1, 0.15) is 6.04 Å². The van der Waals surface area contributed by atoms with Gasteiger partial charge in [-0.15, -0.1) is 10.2 Å². The number of amides is 1. The van der Waals surface area contributed by atoms with Gasteiger partial charge in [-0.1, -0.05) is 11.6 Å². The number of nitrogens with zero attached hydrogens (tertiary/aromatic N) is 6. The molecule has 1 aliphatic carbocycles. The number of hydrogen-bond acceptors (Lipinski definition) is 6. The first kappa shape index (κ1) is 19.4. The van der Waals surface area contributed by atoms with Crippen LogP contribution in [0.4, 0.5) is 8.78 Å². The summed E-state index contributed by atoms with van der Waals surface area (Å²) >= 11 is 6.31. The summed E-state index contributed by atoms with van der Waals surface area (Å²) in [6, 6.07) is 4.75. The van der Waals surface area contributed by atoms with E-state index in [2.05, 4.69) is 25.3 Å². The third-order valence-corrected chi connectivity index (χ3v) is 6.32. The molecule has 1 aliphatic heterocycles. The third kappa shape index (κ3) is 2.99. The van der Waals surface area contributed by atoms with Crippen molar-refractivity contribution < 1.29 is 18.0 Å². The smallest absolute Gasteiger partial charge is 0.312 e. The summed E-state index contributed by atoms with van der Waals surface area (Å²) in [5, 5.41) is 12.8. The Labute approximate surface area is 184 Å². The first-order chi connectivity index (χ1) is 15.4. The number of imidazole rings is 1. The number of pyridine rings is 1. The molecule has 1 atom stereocenters. The Kier molecular flexibility index (Phi) is 4.13. The van der Waals surface area contributed by atoms with Crippen molar-refractivity contribution in [1.82, 2.24) is 34.7 Å². The Morgan fingerprint density at radius 1 is 1.31 bits per heavy atom. The maximum absolute atomic E-state index is 13.3. The van der Waals surface area contributed by atoms with Crippen molar-refractivity contribution in [3.8, 4) is 0 Å². The molecule has 0 aromatic carbocycles. The summed E-state index contributed by atoms with van der Waals surface area (Å²) in [6.07, 6.45) is 3.20. The molecule has 0 saturated heterocycles. The van der Waals surface area contributed by atoms with Gasteiger partial charge < -0.3 is 14.3 Å². The summed E-state index contributed by atoms with van der Waals surface area (Å²) in [6.45, 7) is 0.361. The van der Waals surface area contributed by atoms with E-state index in [9.17, 15) is 13.6 Å². The largest absolute Gasteiger partial charge is 0.417 e. The van der Waals surface area contributed by atoms with Crippen LogP contribution in [0.3, 0.4) is 0 Å². The zero-order valence-electron chi connectivity index (χ0n) is 16.5. The number of rotatable bonds is 3. The molecule has 1 saturated carbocycles. The lowest BCUT2D eigenvalue weighted by atomic mass is 9.81. The van der Waals surface area contributed by atoms with Crippen LogP contribution >= 0.6 is 11.6 Å². The number of fused-ring (bicyclic) bond motifs is 2. The highest BCUT2D eigenvalue weighted by Crippen LogP contribution is 2.47. The summed E-state index contributed by atoms with van der Waals surface area (Å²) in [4.78, 5) is 22.4. The maximum Gasteiger partial charge on any atom is 0.312 e. The lowest BCUT2D eigenvalue weighted by Crippen LogP contribution is -2.41. The van der Waals surface area contributed by atoms with Crippen LogP contribution in [0.25, 0.3) is 5.52 Å².